The van der Waals surface area contributed by atoms with Crippen LogP contribution in [0.1, 0.15) is 104 Å². The third-order valence-electron chi connectivity index (χ3n) is 14.3. The van der Waals surface area contributed by atoms with Crippen LogP contribution in [0.25, 0.3) is 44.6 Å². The largest absolute Gasteiger partial charge is 0.534 e. The molecule has 6 aromatic rings. The van der Waals surface area contributed by atoms with Gasteiger partial charge in [-0.25, -0.2) is 8.78 Å². The molecule has 0 aliphatic carbocycles. The molecular weight excluding hydrogens is 1010 g/mol. The number of alkyl halides is 3. The van der Waals surface area contributed by atoms with Gasteiger partial charge in [0.05, 0.1) is 44.7 Å². The second kappa shape index (κ2) is 20.0. The third kappa shape index (κ3) is 11.2. The molecule has 75 heavy (non-hydrogen) atoms. The fourth-order valence-electron chi connectivity index (χ4n) is 7.85. The molecule has 0 radical (unpaired) electrons. The Morgan fingerprint density at radius 3 is 1.23 bits per heavy atom. The van der Waals surface area contributed by atoms with E-state index in [1.165, 1.54) is 31.3 Å². The summed E-state index contributed by atoms with van der Waals surface area (Å²) >= 11 is 0. The standard InChI is InChI=1S/C22H23BFNO4.C17H11F4NO5S.C12H24B2O4/c1-21(2)22(3,4)29-23(28-21)14-8-11-17-16(12-14)18(20(26)25-5)19(27-17)13-6-9-15(24)10-7-13;1-22-16(23)14-12-8-11(27-28(24,25)17(19,20)21)6-7-13(12)26-15(14)9-2-4-10(18)5-3-9;1-9(2)10(3,4)16-13(15-9)14-17-11(5,6)12(7,8)18-14/h6-12H,1-5H3,(H,25,26);2-8H,1H3,(H,22,23);1-8H3. The van der Waals surface area contributed by atoms with Crippen LogP contribution >= 0.6 is 0 Å². The highest BCUT2D eigenvalue weighted by Gasteiger charge is 2.64. The van der Waals surface area contributed by atoms with E-state index < -0.39 is 65.4 Å². The normalized spacial score (nSPS) is 19.1. The maximum Gasteiger partial charge on any atom is 0.534 e. The Morgan fingerprint density at radius 1 is 0.520 bits per heavy atom. The van der Waals surface area contributed by atoms with Gasteiger partial charge in [0.1, 0.15) is 40.1 Å². The van der Waals surface area contributed by atoms with Crippen molar-refractivity contribution in [2.24, 2.45) is 0 Å². The monoisotopic (exact) mass is 1070 g/mol. The summed E-state index contributed by atoms with van der Waals surface area (Å²) < 4.78 is 138. The molecule has 2 aromatic heterocycles. The summed E-state index contributed by atoms with van der Waals surface area (Å²) in [4.78, 5) is 25.0. The van der Waals surface area contributed by atoms with Crippen molar-refractivity contribution in [1.82, 2.24) is 10.6 Å². The van der Waals surface area contributed by atoms with E-state index in [4.69, 9.17) is 36.8 Å². The van der Waals surface area contributed by atoms with Crippen molar-refractivity contribution in [3.63, 3.8) is 0 Å². The Labute approximate surface area is 432 Å². The van der Waals surface area contributed by atoms with Crippen molar-refractivity contribution in [1.29, 1.82) is 0 Å². The Morgan fingerprint density at radius 2 is 0.867 bits per heavy atom. The summed E-state index contributed by atoms with van der Waals surface area (Å²) in [6.07, 6.45) is 0. The molecule has 5 heterocycles. The van der Waals surface area contributed by atoms with Crippen molar-refractivity contribution in [2.75, 3.05) is 14.1 Å². The minimum atomic E-state index is -5.88. The zero-order chi connectivity index (χ0) is 55.6. The summed E-state index contributed by atoms with van der Waals surface area (Å²) in [6, 6.07) is 19.4. The zero-order valence-corrected chi connectivity index (χ0v) is 44.7. The molecule has 24 heteroatoms. The number of benzene rings is 4. The average molecular weight is 1070 g/mol. The first-order valence-corrected chi connectivity index (χ1v) is 25.1. The van der Waals surface area contributed by atoms with Crippen LogP contribution in [0.15, 0.2) is 93.8 Å². The van der Waals surface area contributed by atoms with Crippen LogP contribution in [-0.4, -0.2) is 94.6 Å². The lowest BCUT2D eigenvalue weighted by atomic mass is 9.49. The summed E-state index contributed by atoms with van der Waals surface area (Å²) in [5.41, 5.74) is -5.25. The van der Waals surface area contributed by atoms with Gasteiger partial charge in [-0.3, -0.25) is 9.59 Å². The van der Waals surface area contributed by atoms with E-state index in [1.807, 2.05) is 95.2 Å². The van der Waals surface area contributed by atoms with E-state index in [2.05, 4.69) is 14.8 Å². The number of hydrogen-bond donors (Lipinski definition) is 2. The minimum absolute atomic E-state index is 0.0218. The smallest absolute Gasteiger partial charge is 0.455 e. The van der Waals surface area contributed by atoms with Gasteiger partial charge < -0.3 is 51.6 Å². The fourth-order valence-corrected chi connectivity index (χ4v) is 8.30. The predicted molar refractivity (Wildman–Crippen MR) is 273 cm³/mol. The molecule has 400 valence electrons. The Balaban J connectivity index is 0.000000169. The quantitative estimate of drug-likeness (QED) is 0.0636. The molecule has 3 aliphatic rings. The van der Waals surface area contributed by atoms with Gasteiger partial charge in [0.2, 0.25) is 0 Å². The first-order chi connectivity index (χ1) is 34.5. The number of hydrogen-bond acceptors (Lipinski definition) is 13. The van der Waals surface area contributed by atoms with Gasteiger partial charge in [-0.1, -0.05) is 12.1 Å². The van der Waals surface area contributed by atoms with E-state index in [9.17, 15) is 40.0 Å². The minimum Gasteiger partial charge on any atom is -0.455 e. The summed E-state index contributed by atoms with van der Waals surface area (Å²) in [6.45, 7) is 24.2. The van der Waals surface area contributed by atoms with Gasteiger partial charge >= 0.3 is 36.8 Å². The Hall–Kier alpha value is -5.75. The van der Waals surface area contributed by atoms with E-state index in [1.54, 1.807) is 25.2 Å². The highest BCUT2D eigenvalue weighted by molar-refractivity contribution is 7.88. The second-order valence-corrected chi connectivity index (χ2v) is 22.6. The summed E-state index contributed by atoms with van der Waals surface area (Å²) in [5.74, 6) is -2.02. The number of carbonyl (C=O) groups excluding carboxylic acids is 2. The molecule has 0 spiro atoms. The lowest BCUT2D eigenvalue weighted by Crippen LogP contribution is -2.41. The van der Waals surface area contributed by atoms with E-state index >= 15 is 0 Å². The van der Waals surface area contributed by atoms with Crippen LogP contribution in [-0.2, 0) is 38.0 Å². The van der Waals surface area contributed by atoms with Crippen molar-refractivity contribution >= 4 is 70.5 Å². The topological polar surface area (TPSA) is 183 Å². The predicted octanol–water partition coefficient (Wildman–Crippen LogP) is 9.97. The highest BCUT2D eigenvalue weighted by atomic mass is 32.2. The first-order valence-electron chi connectivity index (χ1n) is 23.7. The number of nitrogens with one attached hydrogen (secondary N) is 2. The number of amides is 2. The lowest BCUT2D eigenvalue weighted by molar-refractivity contribution is -0.0500. The first kappa shape index (κ1) is 57.0. The van der Waals surface area contributed by atoms with Crippen LogP contribution in [0.4, 0.5) is 22.0 Å². The third-order valence-corrected chi connectivity index (χ3v) is 15.3. The number of carbonyl (C=O) groups is 2. The van der Waals surface area contributed by atoms with E-state index in [-0.39, 0.29) is 56.4 Å². The number of furan rings is 2. The SMILES string of the molecule is CC1(C)OB(B2OC(C)(C)C(C)(C)O2)OC1(C)C.CNC(=O)c1c(-c2ccc(F)cc2)oc2ccc(B3OC(C)(C)C(C)(C)O3)cc12.CNC(=O)c1c(-c2ccc(F)cc2)oc2ccc(OS(=O)(=O)C(F)(F)F)cc12. The molecule has 3 fully saturated rings. The molecule has 15 nitrogen and oxygen atoms in total. The molecule has 0 unspecified atom stereocenters. The maximum absolute atomic E-state index is 13.3. The zero-order valence-electron chi connectivity index (χ0n) is 43.9. The van der Waals surface area contributed by atoms with Crippen LogP contribution < -0.4 is 20.3 Å². The van der Waals surface area contributed by atoms with Gasteiger partial charge in [-0.05, 0) is 161 Å². The van der Waals surface area contributed by atoms with Gasteiger partial charge in [-0.15, -0.1) is 0 Å². The Kier molecular flexibility index (Phi) is 15.2. The van der Waals surface area contributed by atoms with Crippen LogP contribution in [0.2, 0.25) is 0 Å². The van der Waals surface area contributed by atoms with Crippen molar-refractivity contribution < 1.29 is 80.9 Å². The van der Waals surface area contributed by atoms with Crippen molar-refractivity contribution in [3.8, 4) is 28.4 Å². The van der Waals surface area contributed by atoms with Gasteiger partial charge in [-0.2, -0.15) is 21.6 Å². The molecule has 3 saturated heterocycles. The number of halogens is 5. The van der Waals surface area contributed by atoms with Crippen molar-refractivity contribution in [3.05, 3.63) is 108 Å². The van der Waals surface area contributed by atoms with Gasteiger partial charge in [0.25, 0.3) is 11.8 Å². The second-order valence-electron chi connectivity index (χ2n) is 21.0. The summed E-state index contributed by atoms with van der Waals surface area (Å²) in [5, 5.41) is 5.69. The molecule has 4 aromatic carbocycles. The number of fused-ring (bicyclic) bond motifs is 2. The lowest BCUT2D eigenvalue weighted by Gasteiger charge is -2.32. The van der Waals surface area contributed by atoms with Crippen molar-refractivity contribution in [2.45, 2.75) is 122 Å². The Bertz CT molecular complexity index is 3150. The molecule has 0 saturated carbocycles. The number of rotatable bonds is 8. The highest BCUT2D eigenvalue weighted by Crippen LogP contribution is 2.44. The van der Waals surface area contributed by atoms with Gasteiger partial charge in [0, 0.05) is 36.0 Å². The molecular formula is C51H58B3F5N2O13S. The fraction of sp³-hybridized carbons (Fsp3) is 0.412. The average Bonchev–Trinajstić information content (AvgIpc) is 4.05. The molecule has 0 atom stereocenters. The summed E-state index contributed by atoms with van der Waals surface area (Å²) in [7, 11) is -4.50. The molecule has 3 aliphatic heterocycles. The van der Waals surface area contributed by atoms with Gasteiger partial charge in [0.15, 0.2) is 0 Å². The molecule has 0 bridgehead atoms. The van der Waals surface area contributed by atoms with E-state index in [0.29, 0.717) is 33.4 Å². The van der Waals surface area contributed by atoms with Crippen LogP contribution in [0.5, 0.6) is 5.75 Å². The van der Waals surface area contributed by atoms with Crippen LogP contribution in [0, 0.1) is 11.6 Å². The molecule has 2 amide bonds. The van der Waals surface area contributed by atoms with Crippen LogP contribution in [0.3, 0.4) is 0 Å². The van der Waals surface area contributed by atoms with E-state index in [0.717, 1.165) is 35.8 Å². The molecule has 2 N–H and O–H groups in total. The molecule has 9 rings (SSSR count). The maximum atomic E-state index is 13.3.